The van der Waals surface area contributed by atoms with E-state index in [2.05, 4.69) is 51.9 Å². The molecule has 0 fully saturated rings. The Morgan fingerprint density at radius 1 is 1.09 bits per heavy atom. The molecule has 34 heavy (non-hydrogen) atoms. The number of aromatic nitrogens is 3. The monoisotopic (exact) mass is 464 g/mol. The van der Waals surface area contributed by atoms with Gasteiger partial charge in [-0.15, -0.1) is 0 Å². The summed E-state index contributed by atoms with van der Waals surface area (Å²) in [6, 6.07) is 7.64. The highest BCUT2D eigenvalue weighted by atomic mass is 19.1. The highest BCUT2D eigenvalue weighted by molar-refractivity contribution is 5.93. The fraction of sp³-hybridized carbons (Fsp3) is 0.320. The lowest BCUT2D eigenvalue weighted by Crippen LogP contribution is -2.31. The lowest BCUT2D eigenvalue weighted by molar-refractivity contribution is 0.0958. The van der Waals surface area contributed by atoms with Crippen LogP contribution in [-0.4, -0.2) is 40.7 Å². The lowest BCUT2D eigenvalue weighted by Gasteiger charge is -2.18. The number of nitrogens with zero attached hydrogens (tertiary/aromatic N) is 3. The van der Waals surface area contributed by atoms with Gasteiger partial charge < -0.3 is 16.0 Å². The molecule has 0 aliphatic heterocycles. The SMILES string of the molecule is CNC(=O)c1cc(-c2cnnc(-c3cc(NC(=O)NCCC(C)(C)C)c(F)cc3C)c2)ccn1. The van der Waals surface area contributed by atoms with Crippen molar-refractivity contribution in [2.75, 3.05) is 18.9 Å². The molecule has 9 heteroatoms. The molecule has 2 aromatic heterocycles. The van der Waals surface area contributed by atoms with Gasteiger partial charge in [0.25, 0.3) is 5.91 Å². The number of carbonyl (C=O) groups is 2. The predicted octanol–water partition coefficient (Wildman–Crippen LogP) is 4.57. The Morgan fingerprint density at radius 2 is 1.85 bits per heavy atom. The van der Waals surface area contributed by atoms with Crippen LogP contribution >= 0.6 is 0 Å². The number of hydrogen-bond acceptors (Lipinski definition) is 5. The molecule has 3 amide bonds. The van der Waals surface area contributed by atoms with Crippen molar-refractivity contribution in [2.24, 2.45) is 5.41 Å². The normalized spacial score (nSPS) is 11.1. The van der Waals surface area contributed by atoms with Crippen LogP contribution in [0.25, 0.3) is 22.4 Å². The lowest BCUT2D eigenvalue weighted by atomic mass is 9.92. The van der Waals surface area contributed by atoms with E-state index in [1.165, 1.54) is 13.1 Å². The van der Waals surface area contributed by atoms with Crippen LogP contribution in [0.3, 0.4) is 0 Å². The van der Waals surface area contributed by atoms with E-state index in [4.69, 9.17) is 0 Å². The van der Waals surface area contributed by atoms with E-state index in [-0.39, 0.29) is 22.7 Å². The fourth-order valence-corrected chi connectivity index (χ4v) is 3.28. The number of amides is 3. The number of anilines is 1. The smallest absolute Gasteiger partial charge is 0.319 e. The summed E-state index contributed by atoms with van der Waals surface area (Å²) in [4.78, 5) is 28.3. The number of aryl methyl sites for hydroxylation is 1. The van der Waals surface area contributed by atoms with Crippen LogP contribution in [0.1, 0.15) is 43.2 Å². The topological polar surface area (TPSA) is 109 Å². The summed E-state index contributed by atoms with van der Waals surface area (Å²) in [5.74, 6) is -0.837. The maximum Gasteiger partial charge on any atom is 0.319 e. The number of hydrogen-bond donors (Lipinski definition) is 3. The molecule has 0 bridgehead atoms. The number of pyridine rings is 1. The second-order valence-corrected chi connectivity index (χ2v) is 9.18. The summed E-state index contributed by atoms with van der Waals surface area (Å²) in [5, 5.41) is 16.2. The van der Waals surface area contributed by atoms with Gasteiger partial charge in [-0.2, -0.15) is 10.2 Å². The second kappa shape index (κ2) is 10.4. The third-order valence-electron chi connectivity index (χ3n) is 5.21. The summed E-state index contributed by atoms with van der Waals surface area (Å²) in [7, 11) is 1.54. The Morgan fingerprint density at radius 3 is 2.56 bits per heavy atom. The first-order valence-electron chi connectivity index (χ1n) is 10.9. The fourth-order valence-electron chi connectivity index (χ4n) is 3.28. The van der Waals surface area contributed by atoms with Crippen molar-refractivity contribution in [3.63, 3.8) is 0 Å². The van der Waals surface area contributed by atoms with Crippen LogP contribution in [0.4, 0.5) is 14.9 Å². The van der Waals surface area contributed by atoms with Crippen LogP contribution in [0.15, 0.2) is 42.7 Å². The highest BCUT2D eigenvalue weighted by Gasteiger charge is 2.15. The zero-order valence-electron chi connectivity index (χ0n) is 20.0. The molecular formula is C25H29FN6O2. The van der Waals surface area contributed by atoms with Gasteiger partial charge in [0.05, 0.1) is 17.6 Å². The van der Waals surface area contributed by atoms with Crippen molar-refractivity contribution in [3.8, 4) is 22.4 Å². The van der Waals surface area contributed by atoms with Crippen molar-refractivity contribution in [3.05, 3.63) is 59.8 Å². The number of urea groups is 1. The Hall–Kier alpha value is -3.88. The summed E-state index contributed by atoms with van der Waals surface area (Å²) in [6.07, 6.45) is 3.91. The van der Waals surface area contributed by atoms with Crippen molar-refractivity contribution in [2.45, 2.75) is 34.1 Å². The molecule has 8 nitrogen and oxygen atoms in total. The van der Waals surface area contributed by atoms with E-state index in [9.17, 15) is 14.0 Å². The maximum atomic E-state index is 14.6. The largest absolute Gasteiger partial charge is 0.354 e. The Kier molecular flexibility index (Phi) is 7.55. The van der Waals surface area contributed by atoms with Gasteiger partial charge in [-0.25, -0.2) is 9.18 Å². The maximum absolute atomic E-state index is 14.6. The van der Waals surface area contributed by atoms with Crippen LogP contribution < -0.4 is 16.0 Å². The Labute approximate surface area is 198 Å². The molecule has 0 saturated heterocycles. The van der Waals surface area contributed by atoms with Gasteiger partial charge in [-0.3, -0.25) is 9.78 Å². The first kappa shape index (κ1) is 24.8. The van der Waals surface area contributed by atoms with E-state index >= 15 is 0 Å². The number of halogens is 1. The van der Waals surface area contributed by atoms with Gasteiger partial charge in [0, 0.05) is 30.9 Å². The van der Waals surface area contributed by atoms with Crippen LogP contribution in [0.2, 0.25) is 0 Å². The van der Waals surface area contributed by atoms with Crippen LogP contribution in [0.5, 0.6) is 0 Å². The Balaban J connectivity index is 1.87. The van der Waals surface area contributed by atoms with Crippen LogP contribution in [-0.2, 0) is 0 Å². The summed E-state index contributed by atoms with van der Waals surface area (Å²) >= 11 is 0. The van der Waals surface area contributed by atoms with Crippen molar-refractivity contribution in [1.82, 2.24) is 25.8 Å². The third-order valence-corrected chi connectivity index (χ3v) is 5.21. The molecule has 0 spiro atoms. The molecule has 3 rings (SSSR count). The van der Waals surface area contributed by atoms with E-state index in [0.717, 1.165) is 17.5 Å². The molecule has 0 unspecified atom stereocenters. The van der Waals surface area contributed by atoms with Crippen LogP contribution in [0, 0.1) is 18.2 Å². The summed E-state index contributed by atoms with van der Waals surface area (Å²) in [6.45, 7) is 8.49. The van der Waals surface area contributed by atoms with Gasteiger partial charge in [-0.1, -0.05) is 20.8 Å². The van der Waals surface area contributed by atoms with Gasteiger partial charge in [-0.05, 0) is 60.2 Å². The minimum atomic E-state index is -0.541. The molecule has 3 aromatic rings. The van der Waals surface area contributed by atoms with E-state index in [1.54, 1.807) is 43.6 Å². The molecule has 0 aliphatic carbocycles. The first-order valence-corrected chi connectivity index (χ1v) is 10.9. The molecule has 2 heterocycles. The molecular weight excluding hydrogens is 435 g/mol. The number of rotatable bonds is 6. The molecule has 0 atom stereocenters. The minimum absolute atomic E-state index is 0.0480. The van der Waals surface area contributed by atoms with Gasteiger partial charge in [0.15, 0.2) is 0 Å². The van der Waals surface area contributed by atoms with Crippen molar-refractivity contribution < 1.29 is 14.0 Å². The zero-order valence-corrected chi connectivity index (χ0v) is 20.0. The van der Waals surface area contributed by atoms with Gasteiger partial charge >= 0.3 is 6.03 Å². The average molecular weight is 465 g/mol. The standard InChI is InChI=1S/C25H29FN6O2/c1-15-10-19(26)21(31-24(34)29-9-7-25(2,3)4)13-18(15)20-12-17(14-30-32-20)16-6-8-28-22(11-16)23(33)27-5/h6,8,10-14H,7,9H2,1-5H3,(H,27,33)(H2,29,31,34). The first-order chi connectivity index (χ1) is 16.1. The van der Waals surface area contributed by atoms with E-state index in [0.29, 0.717) is 23.4 Å². The molecule has 0 aliphatic rings. The molecule has 178 valence electrons. The van der Waals surface area contributed by atoms with Gasteiger partial charge in [0.2, 0.25) is 0 Å². The average Bonchev–Trinajstić information content (AvgIpc) is 2.79. The second-order valence-electron chi connectivity index (χ2n) is 9.18. The Bertz CT molecular complexity index is 1210. The molecule has 3 N–H and O–H groups in total. The molecule has 0 saturated carbocycles. The van der Waals surface area contributed by atoms with E-state index in [1.807, 2.05) is 0 Å². The number of nitrogens with one attached hydrogen (secondary N) is 3. The third kappa shape index (κ3) is 6.34. The summed E-state index contributed by atoms with van der Waals surface area (Å²) < 4.78 is 14.6. The van der Waals surface area contributed by atoms with E-state index < -0.39 is 11.8 Å². The minimum Gasteiger partial charge on any atom is -0.354 e. The molecule has 1 aromatic carbocycles. The van der Waals surface area contributed by atoms with Gasteiger partial charge in [0.1, 0.15) is 11.5 Å². The highest BCUT2D eigenvalue weighted by Crippen LogP contribution is 2.30. The van der Waals surface area contributed by atoms with Crippen molar-refractivity contribution in [1.29, 1.82) is 0 Å². The zero-order chi connectivity index (χ0) is 24.9. The summed E-state index contributed by atoms with van der Waals surface area (Å²) in [5.41, 5.74) is 3.63. The molecule has 0 radical (unpaired) electrons. The quantitative estimate of drug-likeness (QED) is 0.495. The number of carbonyl (C=O) groups excluding carboxylic acids is 2. The van der Waals surface area contributed by atoms with Crippen molar-refractivity contribution >= 4 is 17.6 Å². The number of benzene rings is 1. The predicted molar refractivity (Wildman–Crippen MR) is 130 cm³/mol.